The molecule has 0 heterocycles. The van der Waals surface area contributed by atoms with Crippen LogP contribution in [0.15, 0.2) is 24.3 Å². The van der Waals surface area contributed by atoms with Crippen LogP contribution in [-0.2, 0) is 11.3 Å². The van der Waals surface area contributed by atoms with E-state index in [2.05, 4.69) is 0 Å². The highest BCUT2D eigenvalue weighted by atomic mass is 19.1. The van der Waals surface area contributed by atoms with E-state index in [1.165, 1.54) is 25.0 Å². The van der Waals surface area contributed by atoms with Gasteiger partial charge in [-0.2, -0.15) is 0 Å². The van der Waals surface area contributed by atoms with Crippen LogP contribution in [0.1, 0.15) is 56.9 Å². The van der Waals surface area contributed by atoms with Crippen molar-refractivity contribution in [2.45, 2.75) is 70.0 Å². The van der Waals surface area contributed by atoms with Gasteiger partial charge in [-0.05, 0) is 49.3 Å². The minimum Gasteiger partial charge on any atom is -0.335 e. The highest BCUT2D eigenvalue weighted by Gasteiger charge is 2.31. The molecule has 2 saturated carbocycles. The maximum absolute atomic E-state index is 13.5. The molecule has 4 heteroatoms. The van der Waals surface area contributed by atoms with Gasteiger partial charge in [-0.25, -0.2) is 4.39 Å². The normalized spacial score (nSPS) is 25.0. The van der Waals surface area contributed by atoms with Gasteiger partial charge < -0.3 is 10.6 Å². The summed E-state index contributed by atoms with van der Waals surface area (Å²) in [5, 5.41) is 0. The SMILES string of the molecule is N[C@@H]1CCC[C@H]1CC(=O)N(Cc1cccc(F)c1)C1CCCC1. The molecule has 126 valence electrons. The van der Waals surface area contributed by atoms with Crippen LogP contribution >= 0.6 is 0 Å². The highest BCUT2D eigenvalue weighted by Crippen LogP contribution is 2.30. The van der Waals surface area contributed by atoms with Crippen molar-refractivity contribution in [2.24, 2.45) is 11.7 Å². The summed E-state index contributed by atoms with van der Waals surface area (Å²) in [5.41, 5.74) is 7.01. The van der Waals surface area contributed by atoms with E-state index in [0.717, 1.165) is 37.7 Å². The lowest BCUT2D eigenvalue weighted by Gasteiger charge is -2.31. The lowest BCUT2D eigenvalue weighted by Crippen LogP contribution is -2.40. The summed E-state index contributed by atoms with van der Waals surface area (Å²) in [4.78, 5) is 14.9. The summed E-state index contributed by atoms with van der Waals surface area (Å²) in [6, 6.07) is 7.08. The van der Waals surface area contributed by atoms with Crippen molar-refractivity contribution in [1.29, 1.82) is 0 Å². The highest BCUT2D eigenvalue weighted by molar-refractivity contribution is 5.77. The van der Waals surface area contributed by atoms with Crippen molar-refractivity contribution in [3.8, 4) is 0 Å². The number of hydrogen-bond acceptors (Lipinski definition) is 2. The average molecular weight is 318 g/mol. The van der Waals surface area contributed by atoms with E-state index < -0.39 is 0 Å². The topological polar surface area (TPSA) is 46.3 Å². The van der Waals surface area contributed by atoms with Gasteiger partial charge in [0.15, 0.2) is 0 Å². The standard InChI is InChI=1S/C19H27FN2O/c20-16-7-3-5-14(11-16)13-22(17-8-1-2-9-17)19(23)12-15-6-4-10-18(15)21/h3,5,7,11,15,17-18H,1-2,4,6,8-10,12-13,21H2/t15-,18+/m0/s1. The summed E-state index contributed by atoms with van der Waals surface area (Å²) >= 11 is 0. The van der Waals surface area contributed by atoms with Crippen molar-refractivity contribution >= 4 is 5.91 Å². The fourth-order valence-electron chi connectivity index (χ4n) is 4.13. The second-order valence-electron chi connectivity index (χ2n) is 7.15. The third-order valence-electron chi connectivity index (χ3n) is 5.48. The molecule has 1 amide bonds. The van der Waals surface area contributed by atoms with Crippen molar-refractivity contribution < 1.29 is 9.18 Å². The van der Waals surface area contributed by atoms with Gasteiger partial charge >= 0.3 is 0 Å². The van der Waals surface area contributed by atoms with Gasteiger partial charge in [-0.3, -0.25) is 4.79 Å². The Hall–Kier alpha value is -1.42. The molecule has 2 aliphatic carbocycles. The third-order valence-corrected chi connectivity index (χ3v) is 5.48. The molecule has 0 aromatic heterocycles. The van der Waals surface area contributed by atoms with Crippen LogP contribution in [0.3, 0.4) is 0 Å². The molecule has 0 aliphatic heterocycles. The van der Waals surface area contributed by atoms with Crippen molar-refractivity contribution in [2.75, 3.05) is 0 Å². The second-order valence-corrected chi connectivity index (χ2v) is 7.15. The Labute approximate surface area is 138 Å². The summed E-state index contributed by atoms with van der Waals surface area (Å²) in [5.74, 6) is 0.279. The van der Waals surface area contributed by atoms with E-state index in [1.54, 1.807) is 6.07 Å². The molecule has 3 rings (SSSR count). The largest absolute Gasteiger partial charge is 0.335 e. The van der Waals surface area contributed by atoms with Crippen LogP contribution in [0, 0.1) is 11.7 Å². The molecule has 2 fully saturated rings. The molecule has 0 unspecified atom stereocenters. The number of nitrogens with zero attached hydrogens (tertiary/aromatic N) is 1. The van der Waals surface area contributed by atoms with Crippen LogP contribution in [0.5, 0.6) is 0 Å². The molecule has 2 atom stereocenters. The Kier molecular flexibility index (Phi) is 5.31. The second kappa shape index (κ2) is 7.43. The number of amides is 1. The van der Waals surface area contributed by atoms with Crippen molar-refractivity contribution in [3.63, 3.8) is 0 Å². The number of benzene rings is 1. The predicted molar refractivity (Wildman–Crippen MR) is 89.1 cm³/mol. The number of hydrogen-bond donors (Lipinski definition) is 1. The number of carbonyl (C=O) groups excluding carboxylic acids is 1. The van der Waals surface area contributed by atoms with Crippen molar-refractivity contribution in [3.05, 3.63) is 35.6 Å². The minimum atomic E-state index is -0.237. The maximum Gasteiger partial charge on any atom is 0.223 e. The third kappa shape index (κ3) is 4.11. The molecule has 1 aromatic rings. The van der Waals surface area contributed by atoms with Gasteiger partial charge in [0.1, 0.15) is 5.82 Å². The van der Waals surface area contributed by atoms with Crippen molar-refractivity contribution in [1.82, 2.24) is 4.90 Å². The molecular formula is C19H27FN2O. The van der Waals surface area contributed by atoms with Gasteiger partial charge in [-0.1, -0.05) is 31.4 Å². The fraction of sp³-hybridized carbons (Fsp3) is 0.632. The Morgan fingerprint density at radius 1 is 1.17 bits per heavy atom. The molecular weight excluding hydrogens is 291 g/mol. The molecule has 0 bridgehead atoms. The van der Waals surface area contributed by atoms with E-state index in [-0.39, 0.29) is 17.8 Å². The van der Waals surface area contributed by atoms with Gasteiger partial charge in [-0.15, -0.1) is 0 Å². The molecule has 2 N–H and O–H groups in total. The molecule has 23 heavy (non-hydrogen) atoms. The molecule has 1 aromatic carbocycles. The number of carbonyl (C=O) groups is 1. The molecule has 3 nitrogen and oxygen atoms in total. The zero-order valence-electron chi connectivity index (χ0n) is 13.7. The van der Waals surface area contributed by atoms with E-state index in [1.807, 2.05) is 11.0 Å². The molecule has 0 spiro atoms. The maximum atomic E-state index is 13.5. The Bertz CT molecular complexity index is 542. The molecule has 0 radical (unpaired) electrons. The summed E-state index contributed by atoms with van der Waals surface area (Å²) < 4.78 is 13.5. The average Bonchev–Trinajstić information content (AvgIpc) is 3.17. The molecule has 0 saturated heterocycles. The monoisotopic (exact) mass is 318 g/mol. The zero-order valence-corrected chi connectivity index (χ0v) is 13.7. The lowest BCUT2D eigenvalue weighted by atomic mass is 9.98. The van der Waals surface area contributed by atoms with Crippen LogP contribution in [0.4, 0.5) is 4.39 Å². The van der Waals surface area contributed by atoms with Crippen LogP contribution in [0.2, 0.25) is 0 Å². The van der Waals surface area contributed by atoms with Crippen LogP contribution in [0.25, 0.3) is 0 Å². The number of nitrogens with two attached hydrogens (primary N) is 1. The first-order chi connectivity index (χ1) is 11.1. The van der Waals surface area contributed by atoms with E-state index >= 15 is 0 Å². The first-order valence-corrected chi connectivity index (χ1v) is 8.93. The van der Waals surface area contributed by atoms with Gasteiger partial charge in [0.25, 0.3) is 0 Å². The first kappa shape index (κ1) is 16.4. The van der Waals surface area contributed by atoms with E-state index in [0.29, 0.717) is 24.9 Å². The van der Waals surface area contributed by atoms with Gasteiger partial charge in [0.05, 0.1) is 0 Å². The Morgan fingerprint density at radius 3 is 2.61 bits per heavy atom. The van der Waals surface area contributed by atoms with Crippen LogP contribution < -0.4 is 5.73 Å². The van der Waals surface area contributed by atoms with Crippen LogP contribution in [-0.4, -0.2) is 22.9 Å². The first-order valence-electron chi connectivity index (χ1n) is 8.93. The number of halogens is 1. The van der Waals surface area contributed by atoms with E-state index in [9.17, 15) is 9.18 Å². The van der Waals surface area contributed by atoms with Gasteiger partial charge in [0, 0.05) is 25.0 Å². The Balaban J connectivity index is 1.70. The Morgan fingerprint density at radius 2 is 1.96 bits per heavy atom. The summed E-state index contributed by atoms with van der Waals surface area (Å²) in [6.45, 7) is 0.517. The zero-order chi connectivity index (χ0) is 16.2. The minimum absolute atomic E-state index is 0.165. The predicted octanol–water partition coefficient (Wildman–Crippen LogP) is 3.61. The quantitative estimate of drug-likeness (QED) is 0.901. The number of rotatable bonds is 5. The summed E-state index contributed by atoms with van der Waals surface area (Å²) in [6.07, 6.45) is 8.27. The summed E-state index contributed by atoms with van der Waals surface area (Å²) in [7, 11) is 0. The molecule has 2 aliphatic rings. The van der Waals surface area contributed by atoms with E-state index in [4.69, 9.17) is 5.73 Å². The smallest absolute Gasteiger partial charge is 0.223 e. The fourth-order valence-corrected chi connectivity index (χ4v) is 4.13. The van der Waals surface area contributed by atoms with Gasteiger partial charge in [0.2, 0.25) is 5.91 Å². The lowest BCUT2D eigenvalue weighted by molar-refractivity contribution is -0.135.